The molecule has 2 aromatic carbocycles. The molecule has 1 fully saturated rings. The van der Waals surface area contributed by atoms with Gasteiger partial charge in [-0.25, -0.2) is 9.07 Å². The van der Waals surface area contributed by atoms with Crippen molar-refractivity contribution in [3.05, 3.63) is 77.2 Å². The second kappa shape index (κ2) is 11.8. The molecule has 0 spiro atoms. The Hall–Kier alpha value is -2.89. The smallest absolute Gasteiger partial charge is 0.198 e. The van der Waals surface area contributed by atoms with E-state index in [1.807, 2.05) is 12.1 Å². The second-order valence-electron chi connectivity index (χ2n) is 7.62. The number of nitrogen functional groups attached to an aromatic ring is 1. The third-order valence-corrected chi connectivity index (χ3v) is 5.38. The number of ketones is 1. The fourth-order valence-electron chi connectivity index (χ4n) is 3.47. The first-order chi connectivity index (χ1) is 15.0. The first kappa shape index (κ1) is 26.4. The lowest BCUT2D eigenvalue weighted by Gasteiger charge is -2.30. The number of nitrogens with two attached hydrogens (primary N) is 1. The van der Waals surface area contributed by atoms with Crippen LogP contribution >= 0.6 is 24.8 Å². The number of hydrogen-bond donors (Lipinski definition) is 1. The molecular formula is C24H26Cl2FN5O. The molecule has 0 unspecified atom stereocenters. The van der Waals surface area contributed by atoms with E-state index in [4.69, 9.17) is 5.73 Å². The summed E-state index contributed by atoms with van der Waals surface area (Å²) in [6, 6.07) is 13.0. The maximum atomic E-state index is 13.2. The van der Waals surface area contributed by atoms with Crippen LogP contribution < -0.4 is 5.73 Å². The Balaban J connectivity index is 0.00000193. The van der Waals surface area contributed by atoms with Crippen LogP contribution in [0.2, 0.25) is 0 Å². The summed E-state index contributed by atoms with van der Waals surface area (Å²) in [6.45, 7) is 4.85. The number of hydrogen-bond acceptors (Lipinski definition) is 5. The molecule has 1 aliphatic heterocycles. The van der Waals surface area contributed by atoms with Crippen molar-refractivity contribution >= 4 is 36.4 Å². The van der Waals surface area contributed by atoms with E-state index in [9.17, 15) is 9.18 Å². The lowest BCUT2D eigenvalue weighted by atomic mass is 10.0. The van der Waals surface area contributed by atoms with Gasteiger partial charge in [-0.05, 0) is 43.4 Å². The molecule has 0 aliphatic carbocycles. The van der Waals surface area contributed by atoms with Crippen LogP contribution in [0.3, 0.4) is 0 Å². The van der Waals surface area contributed by atoms with E-state index >= 15 is 0 Å². The van der Waals surface area contributed by atoms with Gasteiger partial charge in [-0.1, -0.05) is 24.0 Å². The van der Waals surface area contributed by atoms with E-state index in [2.05, 4.69) is 33.8 Å². The molecule has 3 aromatic rings. The minimum atomic E-state index is -0.351. The van der Waals surface area contributed by atoms with Crippen molar-refractivity contribution in [2.24, 2.45) is 0 Å². The molecule has 0 atom stereocenters. The van der Waals surface area contributed by atoms with E-state index < -0.39 is 0 Å². The third-order valence-electron chi connectivity index (χ3n) is 5.38. The van der Waals surface area contributed by atoms with E-state index in [1.54, 1.807) is 24.3 Å². The highest BCUT2D eigenvalue weighted by atomic mass is 35.5. The van der Waals surface area contributed by atoms with Crippen LogP contribution in [-0.4, -0.2) is 65.1 Å². The molecule has 0 bridgehead atoms. The zero-order valence-corrected chi connectivity index (χ0v) is 19.8. The number of carbonyl (C=O) groups is 1. The summed E-state index contributed by atoms with van der Waals surface area (Å²) >= 11 is 0. The Kier molecular flexibility index (Phi) is 9.44. The molecule has 33 heavy (non-hydrogen) atoms. The molecule has 1 saturated heterocycles. The van der Waals surface area contributed by atoms with Gasteiger partial charge in [0.15, 0.2) is 5.78 Å². The summed E-state index contributed by atoms with van der Waals surface area (Å²) in [5.41, 5.74) is 8.33. The number of aromatic nitrogens is 2. The van der Waals surface area contributed by atoms with Crippen LogP contribution in [0.4, 0.5) is 10.2 Å². The minimum absolute atomic E-state index is 0. The van der Waals surface area contributed by atoms with Gasteiger partial charge in [-0.3, -0.25) is 9.69 Å². The quantitative estimate of drug-likeness (QED) is 0.449. The molecule has 1 aliphatic rings. The van der Waals surface area contributed by atoms with Gasteiger partial charge in [0.05, 0.1) is 24.0 Å². The first-order valence-electron chi connectivity index (χ1n) is 10.2. The van der Waals surface area contributed by atoms with Crippen LogP contribution in [-0.2, 0) is 0 Å². The van der Waals surface area contributed by atoms with E-state index in [-0.39, 0.29) is 42.2 Å². The predicted octanol–water partition coefficient (Wildman–Crippen LogP) is 3.27. The number of piperazine rings is 1. The molecule has 9 heteroatoms. The number of carbonyl (C=O) groups excluding carboxylic acids is 1. The van der Waals surface area contributed by atoms with Crippen molar-refractivity contribution < 1.29 is 9.18 Å². The zero-order chi connectivity index (χ0) is 21.8. The summed E-state index contributed by atoms with van der Waals surface area (Å²) in [5.74, 6) is 6.00. The SMILES string of the molecule is CN1CCN(CC#Cc2cccc(C(=O)c3cnn(-c4ccc(F)cc4)c3N)c2)CC1.Cl.Cl. The van der Waals surface area contributed by atoms with Gasteiger partial charge in [0, 0.05) is 37.3 Å². The molecule has 6 nitrogen and oxygen atoms in total. The lowest BCUT2D eigenvalue weighted by molar-refractivity contribution is 0.103. The highest BCUT2D eigenvalue weighted by Crippen LogP contribution is 2.21. The summed E-state index contributed by atoms with van der Waals surface area (Å²) in [5, 5.41) is 4.20. The van der Waals surface area contributed by atoms with Crippen molar-refractivity contribution in [3.8, 4) is 17.5 Å². The summed E-state index contributed by atoms with van der Waals surface area (Å²) in [4.78, 5) is 17.7. The third kappa shape index (κ3) is 6.34. The van der Waals surface area contributed by atoms with Crippen LogP contribution in [0.25, 0.3) is 5.69 Å². The van der Waals surface area contributed by atoms with E-state index in [0.29, 0.717) is 23.4 Å². The monoisotopic (exact) mass is 489 g/mol. The zero-order valence-electron chi connectivity index (χ0n) is 18.2. The van der Waals surface area contributed by atoms with Crippen molar-refractivity contribution in [1.82, 2.24) is 19.6 Å². The van der Waals surface area contributed by atoms with Crippen molar-refractivity contribution in [2.75, 3.05) is 45.5 Å². The number of nitrogens with zero attached hydrogens (tertiary/aromatic N) is 4. The van der Waals surface area contributed by atoms with Crippen molar-refractivity contribution in [3.63, 3.8) is 0 Å². The maximum Gasteiger partial charge on any atom is 0.198 e. The Bertz CT molecular complexity index is 1150. The normalized spacial score (nSPS) is 13.9. The number of halogens is 3. The summed E-state index contributed by atoms with van der Waals surface area (Å²) in [7, 11) is 2.13. The lowest BCUT2D eigenvalue weighted by Crippen LogP contribution is -2.44. The Morgan fingerprint density at radius 1 is 1.09 bits per heavy atom. The average Bonchev–Trinajstić information content (AvgIpc) is 3.16. The summed E-state index contributed by atoms with van der Waals surface area (Å²) < 4.78 is 14.6. The maximum absolute atomic E-state index is 13.2. The molecule has 0 radical (unpaired) electrons. The van der Waals surface area contributed by atoms with Gasteiger partial charge in [-0.15, -0.1) is 24.8 Å². The fourth-order valence-corrected chi connectivity index (χ4v) is 3.47. The van der Waals surface area contributed by atoms with Gasteiger partial charge < -0.3 is 10.6 Å². The minimum Gasteiger partial charge on any atom is -0.383 e. The molecule has 4 rings (SSSR count). The van der Waals surface area contributed by atoms with Crippen molar-refractivity contribution in [1.29, 1.82) is 0 Å². The van der Waals surface area contributed by atoms with Gasteiger partial charge in [0.2, 0.25) is 0 Å². The van der Waals surface area contributed by atoms with Gasteiger partial charge in [-0.2, -0.15) is 5.10 Å². The Morgan fingerprint density at radius 2 is 1.79 bits per heavy atom. The van der Waals surface area contributed by atoms with E-state index in [1.165, 1.54) is 23.0 Å². The second-order valence-corrected chi connectivity index (χ2v) is 7.62. The fraction of sp³-hybridized carbons (Fsp3) is 0.250. The van der Waals surface area contributed by atoms with Gasteiger partial charge >= 0.3 is 0 Å². The molecule has 2 heterocycles. The molecule has 1 aromatic heterocycles. The Labute approximate surface area is 205 Å². The predicted molar refractivity (Wildman–Crippen MR) is 133 cm³/mol. The molecule has 0 saturated carbocycles. The Morgan fingerprint density at radius 3 is 2.48 bits per heavy atom. The number of rotatable bonds is 4. The summed E-state index contributed by atoms with van der Waals surface area (Å²) in [6.07, 6.45) is 1.44. The highest BCUT2D eigenvalue weighted by Gasteiger charge is 2.18. The van der Waals surface area contributed by atoms with Gasteiger partial charge in [0.1, 0.15) is 11.6 Å². The molecule has 0 amide bonds. The standard InChI is InChI=1S/C24H24FN5O.2ClH/c1-28-12-14-29(15-13-28)11-3-5-18-4-2-6-19(16-18)23(31)22-17-27-30(24(22)26)21-9-7-20(25)8-10-21;;/h2,4,6-10,16-17H,11-15,26H2,1H3;2*1H. The molecule has 174 valence electrons. The first-order valence-corrected chi connectivity index (χ1v) is 10.2. The van der Waals surface area contributed by atoms with Crippen LogP contribution in [0.1, 0.15) is 21.5 Å². The topological polar surface area (TPSA) is 67.4 Å². The largest absolute Gasteiger partial charge is 0.383 e. The van der Waals surface area contributed by atoms with Gasteiger partial charge in [0.25, 0.3) is 0 Å². The van der Waals surface area contributed by atoms with E-state index in [0.717, 1.165) is 31.7 Å². The van der Waals surface area contributed by atoms with Crippen molar-refractivity contribution in [2.45, 2.75) is 0 Å². The molecule has 2 N–H and O–H groups in total. The number of benzene rings is 2. The van der Waals surface area contributed by atoms with Crippen LogP contribution in [0.5, 0.6) is 0 Å². The van der Waals surface area contributed by atoms with Crippen LogP contribution in [0.15, 0.2) is 54.7 Å². The molecular weight excluding hydrogens is 464 g/mol. The average molecular weight is 490 g/mol. The highest BCUT2D eigenvalue weighted by molar-refractivity contribution is 6.11. The number of anilines is 1. The number of likely N-dealkylation sites (N-methyl/N-ethyl adjacent to an activating group) is 1. The van der Waals surface area contributed by atoms with Crippen LogP contribution in [0, 0.1) is 17.7 Å².